The van der Waals surface area contributed by atoms with Gasteiger partial charge in [0, 0.05) is 24.3 Å². The Balaban J connectivity index is 1.73. The van der Waals surface area contributed by atoms with Crippen LogP contribution in [0, 0.1) is 0 Å². The summed E-state index contributed by atoms with van der Waals surface area (Å²) in [5, 5.41) is 7.30. The van der Waals surface area contributed by atoms with Crippen molar-refractivity contribution in [3.63, 3.8) is 0 Å². The summed E-state index contributed by atoms with van der Waals surface area (Å²) in [4.78, 5) is 15.9. The average Bonchev–Trinajstić information content (AvgIpc) is 3.03. The number of hydrogen-bond acceptors (Lipinski definition) is 3. The molecule has 3 rings (SSSR count). The molecule has 0 radical (unpaired) electrons. The monoisotopic (exact) mass is 298 g/mol. The number of carbonyl (C=O) groups excluding carboxylic acids is 1. The van der Waals surface area contributed by atoms with Gasteiger partial charge in [-0.05, 0) is 42.5 Å². The van der Waals surface area contributed by atoms with Gasteiger partial charge in [0.25, 0.3) is 5.91 Å². The Labute approximate surface area is 126 Å². The van der Waals surface area contributed by atoms with Gasteiger partial charge in [-0.15, -0.1) is 0 Å². The second kappa shape index (κ2) is 5.76. The SMILES string of the molecule is O=C(Nc1ccc(-n2cccn2)cc1)c1ccc(Cl)nc1. The van der Waals surface area contributed by atoms with E-state index in [4.69, 9.17) is 11.6 Å². The van der Waals surface area contributed by atoms with Gasteiger partial charge in [-0.1, -0.05) is 11.6 Å². The number of nitrogens with zero attached hydrogens (tertiary/aromatic N) is 3. The summed E-state index contributed by atoms with van der Waals surface area (Å²) in [5.74, 6) is -0.231. The van der Waals surface area contributed by atoms with Crippen LogP contribution >= 0.6 is 11.6 Å². The van der Waals surface area contributed by atoms with E-state index in [0.717, 1.165) is 5.69 Å². The number of anilines is 1. The van der Waals surface area contributed by atoms with Gasteiger partial charge in [0.1, 0.15) is 5.15 Å². The zero-order valence-electron chi connectivity index (χ0n) is 10.9. The van der Waals surface area contributed by atoms with Crippen LogP contribution in [0.5, 0.6) is 0 Å². The number of aromatic nitrogens is 3. The minimum atomic E-state index is -0.231. The predicted molar refractivity (Wildman–Crippen MR) is 80.8 cm³/mol. The number of amides is 1. The molecule has 21 heavy (non-hydrogen) atoms. The van der Waals surface area contributed by atoms with Crippen LogP contribution in [0.4, 0.5) is 5.69 Å². The van der Waals surface area contributed by atoms with Gasteiger partial charge in [0.2, 0.25) is 0 Å². The van der Waals surface area contributed by atoms with E-state index in [9.17, 15) is 4.79 Å². The molecule has 2 aromatic heterocycles. The molecule has 0 aliphatic carbocycles. The Kier molecular flexibility index (Phi) is 3.66. The van der Waals surface area contributed by atoms with Crippen molar-refractivity contribution in [2.24, 2.45) is 0 Å². The lowest BCUT2D eigenvalue weighted by atomic mass is 10.2. The molecule has 3 aromatic rings. The van der Waals surface area contributed by atoms with E-state index in [0.29, 0.717) is 16.4 Å². The highest BCUT2D eigenvalue weighted by Gasteiger charge is 2.06. The Morgan fingerprint density at radius 2 is 1.95 bits per heavy atom. The summed E-state index contributed by atoms with van der Waals surface area (Å²) in [6.07, 6.45) is 5.01. The van der Waals surface area contributed by atoms with Crippen molar-refractivity contribution in [3.8, 4) is 5.69 Å². The van der Waals surface area contributed by atoms with E-state index in [-0.39, 0.29) is 5.91 Å². The van der Waals surface area contributed by atoms with Gasteiger partial charge in [-0.2, -0.15) is 5.10 Å². The first-order valence-corrected chi connectivity index (χ1v) is 6.63. The van der Waals surface area contributed by atoms with Gasteiger partial charge in [0.05, 0.1) is 11.3 Å². The molecule has 0 saturated heterocycles. The lowest BCUT2D eigenvalue weighted by Gasteiger charge is -2.06. The van der Waals surface area contributed by atoms with Crippen LogP contribution in [-0.4, -0.2) is 20.7 Å². The minimum absolute atomic E-state index is 0.231. The molecule has 0 fully saturated rings. The first kappa shape index (κ1) is 13.3. The number of hydrogen-bond donors (Lipinski definition) is 1. The van der Waals surface area contributed by atoms with Crippen molar-refractivity contribution < 1.29 is 4.79 Å². The minimum Gasteiger partial charge on any atom is -0.322 e. The lowest BCUT2D eigenvalue weighted by Crippen LogP contribution is -2.12. The predicted octanol–water partition coefficient (Wildman–Crippen LogP) is 3.17. The van der Waals surface area contributed by atoms with Gasteiger partial charge >= 0.3 is 0 Å². The number of pyridine rings is 1. The van der Waals surface area contributed by atoms with Crippen molar-refractivity contribution in [1.29, 1.82) is 0 Å². The van der Waals surface area contributed by atoms with Crippen LogP contribution in [0.3, 0.4) is 0 Å². The average molecular weight is 299 g/mol. The standard InChI is InChI=1S/C15H11ClN4O/c16-14-7-2-11(10-17-14)15(21)19-12-3-5-13(6-4-12)20-9-1-8-18-20/h1-10H,(H,19,21). The van der Waals surface area contributed by atoms with Crippen LogP contribution < -0.4 is 5.32 Å². The van der Waals surface area contributed by atoms with Gasteiger partial charge in [-0.25, -0.2) is 9.67 Å². The third-order valence-electron chi connectivity index (χ3n) is 2.88. The molecule has 2 heterocycles. The van der Waals surface area contributed by atoms with E-state index in [1.165, 1.54) is 6.20 Å². The lowest BCUT2D eigenvalue weighted by molar-refractivity contribution is 0.102. The summed E-state index contributed by atoms with van der Waals surface area (Å²) in [6.45, 7) is 0. The van der Waals surface area contributed by atoms with Crippen molar-refractivity contribution in [3.05, 3.63) is 71.8 Å². The van der Waals surface area contributed by atoms with Crippen molar-refractivity contribution in [2.75, 3.05) is 5.32 Å². The quantitative estimate of drug-likeness (QED) is 0.756. The zero-order valence-corrected chi connectivity index (χ0v) is 11.7. The summed E-state index contributed by atoms with van der Waals surface area (Å²) in [7, 11) is 0. The highest BCUT2D eigenvalue weighted by Crippen LogP contribution is 2.14. The largest absolute Gasteiger partial charge is 0.322 e. The second-order valence-electron chi connectivity index (χ2n) is 4.32. The number of nitrogens with one attached hydrogen (secondary N) is 1. The Bertz CT molecular complexity index is 736. The number of benzene rings is 1. The summed E-state index contributed by atoms with van der Waals surface area (Å²) >= 11 is 5.69. The molecule has 0 aliphatic rings. The van der Waals surface area contributed by atoms with E-state index in [2.05, 4.69) is 15.4 Å². The number of rotatable bonds is 3. The fourth-order valence-electron chi connectivity index (χ4n) is 1.83. The maximum atomic E-state index is 12.0. The van der Waals surface area contributed by atoms with E-state index in [1.807, 2.05) is 36.5 Å². The van der Waals surface area contributed by atoms with Crippen molar-refractivity contribution in [1.82, 2.24) is 14.8 Å². The first-order chi connectivity index (χ1) is 10.2. The summed E-state index contributed by atoms with van der Waals surface area (Å²) in [5.41, 5.74) is 2.08. The molecule has 0 bridgehead atoms. The number of halogens is 1. The Morgan fingerprint density at radius 3 is 2.57 bits per heavy atom. The molecular weight excluding hydrogens is 288 g/mol. The third-order valence-corrected chi connectivity index (χ3v) is 3.11. The molecule has 0 spiro atoms. The first-order valence-electron chi connectivity index (χ1n) is 6.25. The number of carbonyl (C=O) groups is 1. The molecular formula is C15H11ClN4O. The van der Waals surface area contributed by atoms with E-state index >= 15 is 0 Å². The molecule has 1 amide bonds. The van der Waals surface area contributed by atoms with E-state index in [1.54, 1.807) is 23.0 Å². The molecule has 6 heteroatoms. The summed E-state index contributed by atoms with van der Waals surface area (Å²) in [6, 6.07) is 12.4. The van der Waals surface area contributed by atoms with Crippen LogP contribution in [0.2, 0.25) is 5.15 Å². The highest BCUT2D eigenvalue weighted by atomic mass is 35.5. The van der Waals surface area contributed by atoms with Gasteiger partial charge in [0.15, 0.2) is 0 Å². The van der Waals surface area contributed by atoms with Gasteiger partial charge < -0.3 is 5.32 Å². The molecule has 0 unspecified atom stereocenters. The van der Waals surface area contributed by atoms with Crippen molar-refractivity contribution in [2.45, 2.75) is 0 Å². The van der Waals surface area contributed by atoms with Crippen LogP contribution in [0.25, 0.3) is 5.69 Å². The molecule has 0 saturated carbocycles. The Morgan fingerprint density at radius 1 is 1.14 bits per heavy atom. The summed E-state index contributed by atoms with van der Waals surface area (Å²) < 4.78 is 1.74. The molecule has 104 valence electrons. The molecule has 5 nitrogen and oxygen atoms in total. The van der Waals surface area contributed by atoms with Crippen LogP contribution in [-0.2, 0) is 0 Å². The zero-order chi connectivity index (χ0) is 14.7. The Hall–Kier alpha value is -2.66. The fourth-order valence-corrected chi connectivity index (χ4v) is 1.94. The normalized spacial score (nSPS) is 10.3. The van der Waals surface area contributed by atoms with Gasteiger partial charge in [-0.3, -0.25) is 4.79 Å². The van der Waals surface area contributed by atoms with Crippen molar-refractivity contribution >= 4 is 23.2 Å². The molecule has 1 N–H and O–H groups in total. The maximum Gasteiger partial charge on any atom is 0.257 e. The smallest absolute Gasteiger partial charge is 0.257 e. The van der Waals surface area contributed by atoms with Crippen LogP contribution in [0.15, 0.2) is 61.1 Å². The third kappa shape index (κ3) is 3.09. The highest BCUT2D eigenvalue weighted by molar-refractivity contribution is 6.29. The fraction of sp³-hybridized carbons (Fsp3) is 0. The van der Waals surface area contributed by atoms with Crippen LogP contribution in [0.1, 0.15) is 10.4 Å². The van der Waals surface area contributed by atoms with E-state index < -0.39 is 0 Å². The maximum absolute atomic E-state index is 12.0. The second-order valence-corrected chi connectivity index (χ2v) is 4.71. The molecule has 1 aromatic carbocycles. The molecule has 0 aliphatic heterocycles. The topological polar surface area (TPSA) is 59.8 Å². The molecule has 0 atom stereocenters.